The lowest BCUT2D eigenvalue weighted by atomic mass is 9.88. The van der Waals surface area contributed by atoms with E-state index in [-0.39, 0.29) is 0 Å². The van der Waals surface area contributed by atoms with Crippen molar-refractivity contribution in [2.45, 2.75) is 69.4 Å². The number of rotatable bonds is 6. The molecule has 0 radical (unpaired) electrons. The molecule has 5 rings (SSSR count). The van der Waals surface area contributed by atoms with Crippen LogP contribution in [0.3, 0.4) is 0 Å². The van der Waals surface area contributed by atoms with Gasteiger partial charge in [-0.1, -0.05) is 44.4 Å². The maximum Gasteiger partial charge on any atom is 0.131 e. The van der Waals surface area contributed by atoms with Crippen molar-refractivity contribution in [1.82, 2.24) is 19.9 Å². The number of pyridine rings is 1. The maximum atomic E-state index is 4.99. The summed E-state index contributed by atoms with van der Waals surface area (Å²) in [6.07, 6.45) is 11.7. The van der Waals surface area contributed by atoms with E-state index in [4.69, 9.17) is 15.0 Å². The van der Waals surface area contributed by atoms with Gasteiger partial charge in [0, 0.05) is 66.1 Å². The molecule has 1 fully saturated rings. The Labute approximate surface area is 195 Å². The molecule has 1 saturated carbocycles. The monoisotopic (exact) mass is 444 g/mol. The molecule has 166 valence electrons. The molecule has 1 aliphatic carbocycles. The lowest BCUT2D eigenvalue weighted by molar-refractivity contribution is 0.242. The fraction of sp³-hybridized carbons (Fsp3) is 0.444. The first-order valence-corrected chi connectivity index (χ1v) is 13.0. The highest BCUT2D eigenvalue weighted by atomic mass is 32.2. The van der Waals surface area contributed by atoms with E-state index in [1.165, 1.54) is 59.4 Å². The highest BCUT2D eigenvalue weighted by Crippen LogP contribution is 2.31. The molecule has 0 bridgehead atoms. The van der Waals surface area contributed by atoms with Gasteiger partial charge >= 0.3 is 0 Å². The first-order chi connectivity index (χ1) is 15.8. The topological polar surface area (TPSA) is 41.9 Å². The van der Waals surface area contributed by atoms with Crippen molar-refractivity contribution < 1.29 is 0 Å². The summed E-state index contributed by atoms with van der Waals surface area (Å²) in [6, 6.07) is 13.1. The fourth-order valence-corrected chi connectivity index (χ4v) is 5.58. The molecule has 1 aromatic carbocycles. The van der Waals surface area contributed by atoms with Crippen molar-refractivity contribution >= 4 is 11.8 Å². The molecule has 5 heteroatoms. The number of thioether (sulfide) groups is 1. The fourth-order valence-electron chi connectivity index (χ4n) is 4.92. The molecule has 4 nitrogen and oxygen atoms in total. The molecule has 0 amide bonds. The number of hydrogen-bond acceptors (Lipinski definition) is 5. The van der Waals surface area contributed by atoms with Crippen LogP contribution < -0.4 is 0 Å². The molecule has 3 heterocycles. The molecular weight excluding hydrogens is 412 g/mol. The Bertz CT molecular complexity index is 1030. The first kappa shape index (κ1) is 21.6. The summed E-state index contributed by atoms with van der Waals surface area (Å²) in [5, 5.41) is 0. The number of fused-ring (bicyclic) bond motifs is 1. The predicted molar refractivity (Wildman–Crippen MR) is 132 cm³/mol. The van der Waals surface area contributed by atoms with E-state index < -0.39 is 0 Å². The van der Waals surface area contributed by atoms with Gasteiger partial charge in [0.05, 0.1) is 5.69 Å². The Morgan fingerprint density at radius 2 is 1.81 bits per heavy atom. The molecule has 2 aromatic heterocycles. The van der Waals surface area contributed by atoms with Gasteiger partial charge in [-0.05, 0) is 42.4 Å². The zero-order chi connectivity index (χ0) is 21.8. The Hall–Kier alpha value is -2.24. The predicted octanol–water partition coefficient (Wildman–Crippen LogP) is 6.26. The van der Waals surface area contributed by atoms with Crippen LogP contribution in [0.2, 0.25) is 0 Å². The van der Waals surface area contributed by atoms with Crippen LogP contribution in [0.5, 0.6) is 0 Å². The lowest BCUT2D eigenvalue weighted by Crippen LogP contribution is -2.31. The van der Waals surface area contributed by atoms with E-state index in [0.29, 0.717) is 5.92 Å². The summed E-state index contributed by atoms with van der Waals surface area (Å²) in [6.45, 7) is 5.08. The maximum absolute atomic E-state index is 4.99. The molecule has 0 unspecified atom stereocenters. The summed E-state index contributed by atoms with van der Waals surface area (Å²) >= 11 is 1.87. The number of nitrogens with zero attached hydrogens (tertiary/aromatic N) is 4. The molecule has 32 heavy (non-hydrogen) atoms. The van der Waals surface area contributed by atoms with Crippen LogP contribution in [0, 0.1) is 0 Å². The Morgan fingerprint density at radius 3 is 2.56 bits per heavy atom. The van der Waals surface area contributed by atoms with E-state index in [2.05, 4.69) is 54.4 Å². The summed E-state index contributed by atoms with van der Waals surface area (Å²) in [4.78, 5) is 18.3. The van der Waals surface area contributed by atoms with Crippen LogP contribution in [0.25, 0.3) is 11.3 Å². The summed E-state index contributed by atoms with van der Waals surface area (Å²) in [5.41, 5.74) is 6.04. The largest absolute Gasteiger partial charge is 0.294 e. The van der Waals surface area contributed by atoms with Crippen molar-refractivity contribution in [2.75, 3.05) is 12.3 Å². The highest BCUT2D eigenvalue weighted by molar-refractivity contribution is 7.99. The van der Waals surface area contributed by atoms with Gasteiger partial charge in [-0.15, -0.1) is 11.8 Å². The highest BCUT2D eigenvalue weighted by Gasteiger charge is 2.22. The molecule has 3 aromatic rings. The zero-order valence-corrected chi connectivity index (χ0v) is 19.8. The second kappa shape index (κ2) is 10.1. The second-order valence-electron chi connectivity index (χ2n) is 9.00. The SMILES string of the molecule is CCSc1ccc(-c2ccc(CN3CCc4nc(C5CCCCC5)ncc4C3)cn2)cc1. The summed E-state index contributed by atoms with van der Waals surface area (Å²) in [5.74, 6) is 2.78. The Kier molecular flexibility index (Phi) is 6.84. The van der Waals surface area contributed by atoms with Gasteiger partial charge in [-0.3, -0.25) is 9.88 Å². The van der Waals surface area contributed by atoms with Crippen LogP contribution >= 0.6 is 11.8 Å². The van der Waals surface area contributed by atoms with E-state index in [0.717, 1.165) is 43.3 Å². The van der Waals surface area contributed by atoms with Gasteiger partial charge < -0.3 is 0 Å². The number of hydrogen-bond donors (Lipinski definition) is 0. The summed E-state index contributed by atoms with van der Waals surface area (Å²) < 4.78 is 0. The van der Waals surface area contributed by atoms with Crippen molar-refractivity contribution in [3.63, 3.8) is 0 Å². The minimum absolute atomic E-state index is 0.582. The van der Waals surface area contributed by atoms with Gasteiger partial charge in [0.15, 0.2) is 0 Å². The average molecular weight is 445 g/mol. The van der Waals surface area contributed by atoms with Crippen LogP contribution in [0.4, 0.5) is 0 Å². The standard InChI is InChI=1S/C27H32N4S/c1-2-32-24-11-9-21(10-12-24)25-13-8-20(16-28-25)18-31-15-14-26-23(19-31)17-29-27(30-26)22-6-4-3-5-7-22/h8-13,16-17,22H,2-7,14-15,18-19H2,1H3. The van der Waals surface area contributed by atoms with Crippen LogP contribution in [0.1, 0.15) is 67.6 Å². The van der Waals surface area contributed by atoms with E-state index in [1.54, 1.807) is 0 Å². The third-order valence-corrected chi connectivity index (χ3v) is 7.59. The van der Waals surface area contributed by atoms with Crippen LogP contribution in [0.15, 0.2) is 53.7 Å². The minimum atomic E-state index is 0.582. The van der Waals surface area contributed by atoms with Gasteiger partial charge in [-0.2, -0.15) is 0 Å². The van der Waals surface area contributed by atoms with E-state index >= 15 is 0 Å². The molecule has 1 aliphatic heterocycles. The molecule has 2 aliphatic rings. The van der Waals surface area contributed by atoms with Crippen LogP contribution in [-0.4, -0.2) is 32.1 Å². The smallest absolute Gasteiger partial charge is 0.131 e. The Balaban J connectivity index is 1.21. The van der Waals surface area contributed by atoms with E-state index in [9.17, 15) is 0 Å². The third-order valence-electron chi connectivity index (χ3n) is 6.69. The van der Waals surface area contributed by atoms with Gasteiger partial charge in [0.25, 0.3) is 0 Å². The van der Waals surface area contributed by atoms with Gasteiger partial charge in [-0.25, -0.2) is 9.97 Å². The zero-order valence-electron chi connectivity index (χ0n) is 19.0. The lowest BCUT2D eigenvalue weighted by Gasteiger charge is -2.29. The molecule has 0 atom stereocenters. The van der Waals surface area contributed by atoms with Crippen molar-refractivity contribution in [2.24, 2.45) is 0 Å². The van der Waals surface area contributed by atoms with E-state index in [1.807, 2.05) is 18.0 Å². The van der Waals surface area contributed by atoms with Gasteiger partial charge in [0.2, 0.25) is 0 Å². The molecular formula is C27H32N4S. The van der Waals surface area contributed by atoms with Crippen molar-refractivity contribution in [3.8, 4) is 11.3 Å². The number of aromatic nitrogens is 3. The second-order valence-corrected chi connectivity index (χ2v) is 10.3. The van der Waals surface area contributed by atoms with Crippen LogP contribution in [-0.2, 0) is 19.5 Å². The first-order valence-electron chi connectivity index (χ1n) is 12.0. The summed E-state index contributed by atoms with van der Waals surface area (Å²) in [7, 11) is 0. The minimum Gasteiger partial charge on any atom is -0.294 e. The molecule has 0 spiro atoms. The van der Waals surface area contributed by atoms with Crippen molar-refractivity contribution in [3.05, 3.63) is 71.4 Å². The average Bonchev–Trinajstić information content (AvgIpc) is 2.85. The van der Waals surface area contributed by atoms with Gasteiger partial charge in [0.1, 0.15) is 5.82 Å². The molecule has 0 N–H and O–H groups in total. The molecule has 0 saturated heterocycles. The normalized spacial score (nSPS) is 17.3. The third kappa shape index (κ3) is 5.05. The van der Waals surface area contributed by atoms with Crippen molar-refractivity contribution in [1.29, 1.82) is 0 Å². The Morgan fingerprint density at radius 1 is 0.969 bits per heavy atom. The number of benzene rings is 1. The quantitative estimate of drug-likeness (QED) is 0.420.